The van der Waals surface area contributed by atoms with Crippen molar-refractivity contribution in [2.45, 2.75) is 13.8 Å². The van der Waals surface area contributed by atoms with Gasteiger partial charge in [-0.1, -0.05) is 0 Å². The first kappa shape index (κ1) is 16.4. The highest BCUT2D eigenvalue weighted by Crippen LogP contribution is 2.11. The van der Waals surface area contributed by atoms with Crippen LogP contribution in [0.15, 0.2) is 46.9 Å². The fourth-order valence-electron chi connectivity index (χ4n) is 1.80. The van der Waals surface area contributed by atoms with Gasteiger partial charge in [0.05, 0.1) is 6.61 Å². The molecule has 0 radical (unpaired) electrons. The lowest BCUT2D eigenvalue weighted by atomic mass is 10.2. The number of amides is 2. The minimum atomic E-state index is -0.460. The molecule has 0 unspecified atom stereocenters. The Balaban J connectivity index is 1.83. The standard InChI is InChI=1S/C17H18N2O4/c1-3-22-14-8-5-13(6-9-14)17(21)19-18-16(20)11-10-15-7-4-12(2)23-15/h4-11H,3H2,1-2H3,(H,18,20)(H,19,21)/b11-10+. The van der Waals surface area contributed by atoms with E-state index in [9.17, 15) is 9.59 Å². The molecule has 0 fully saturated rings. The van der Waals surface area contributed by atoms with Crippen LogP contribution in [-0.2, 0) is 4.79 Å². The predicted octanol–water partition coefficient (Wildman–Crippen LogP) is 2.46. The van der Waals surface area contributed by atoms with Crippen LogP contribution in [0.2, 0.25) is 0 Å². The monoisotopic (exact) mass is 314 g/mol. The van der Waals surface area contributed by atoms with E-state index in [1.165, 1.54) is 12.2 Å². The molecule has 2 N–H and O–H groups in total. The van der Waals surface area contributed by atoms with Gasteiger partial charge < -0.3 is 9.15 Å². The summed E-state index contributed by atoms with van der Waals surface area (Å²) in [5, 5.41) is 0. The lowest BCUT2D eigenvalue weighted by Gasteiger charge is -2.06. The quantitative estimate of drug-likeness (QED) is 0.656. The smallest absolute Gasteiger partial charge is 0.269 e. The van der Waals surface area contributed by atoms with Crippen LogP contribution < -0.4 is 15.6 Å². The number of hydrogen-bond donors (Lipinski definition) is 2. The third kappa shape index (κ3) is 5.03. The van der Waals surface area contributed by atoms with Gasteiger partial charge in [-0.2, -0.15) is 0 Å². The molecule has 6 nitrogen and oxygen atoms in total. The molecule has 1 heterocycles. The minimum absolute atomic E-state index is 0.413. The SMILES string of the molecule is CCOc1ccc(C(=O)NNC(=O)/C=C/c2ccc(C)o2)cc1. The molecule has 0 saturated heterocycles. The third-order valence-corrected chi connectivity index (χ3v) is 2.89. The maximum atomic E-state index is 11.9. The third-order valence-electron chi connectivity index (χ3n) is 2.89. The number of rotatable bonds is 5. The summed E-state index contributed by atoms with van der Waals surface area (Å²) in [6.07, 6.45) is 2.79. The van der Waals surface area contributed by atoms with E-state index in [0.717, 1.165) is 5.76 Å². The van der Waals surface area contributed by atoms with Gasteiger partial charge in [-0.25, -0.2) is 0 Å². The molecule has 2 amide bonds. The van der Waals surface area contributed by atoms with E-state index in [1.54, 1.807) is 36.4 Å². The molecule has 1 aromatic carbocycles. The first-order chi connectivity index (χ1) is 11.1. The normalized spacial score (nSPS) is 10.5. The van der Waals surface area contributed by atoms with Gasteiger partial charge in [0.15, 0.2) is 0 Å². The second kappa shape index (κ2) is 7.84. The van der Waals surface area contributed by atoms with Crippen molar-refractivity contribution in [2.75, 3.05) is 6.61 Å². The Bertz CT molecular complexity index is 702. The van der Waals surface area contributed by atoms with E-state index in [0.29, 0.717) is 23.7 Å². The van der Waals surface area contributed by atoms with E-state index in [4.69, 9.17) is 9.15 Å². The number of carbonyl (C=O) groups is 2. The van der Waals surface area contributed by atoms with E-state index in [2.05, 4.69) is 10.9 Å². The highest BCUT2D eigenvalue weighted by atomic mass is 16.5. The maximum absolute atomic E-state index is 11.9. The van der Waals surface area contributed by atoms with Crippen LogP contribution >= 0.6 is 0 Å². The largest absolute Gasteiger partial charge is 0.494 e. The molecule has 1 aromatic heterocycles. The second-order valence-electron chi connectivity index (χ2n) is 4.68. The summed E-state index contributed by atoms with van der Waals surface area (Å²) in [4.78, 5) is 23.5. The molecule has 0 saturated carbocycles. The summed E-state index contributed by atoms with van der Waals surface area (Å²) in [6, 6.07) is 10.2. The van der Waals surface area contributed by atoms with Gasteiger partial charge in [-0.05, 0) is 56.3 Å². The number of ether oxygens (including phenoxy) is 1. The van der Waals surface area contributed by atoms with Crippen LogP contribution in [0.5, 0.6) is 5.75 Å². The van der Waals surface area contributed by atoms with Crippen LogP contribution in [0, 0.1) is 6.92 Å². The van der Waals surface area contributed by atoms with Gasteiger partial charge in [0, 0.05) is 11.6 Å². The van der Waals surface area contributed by atoms with Gasteiger partial charge in [0.25, 0.3) is 11.8 Å². The average molecular weight is 314 g/mol. The zero-order valence-electron chi connectivity index (χ0n) is 13.0. The summed E-state index contributed by atoms with van der Waals surface area (Å²) in [6.45, 7) is 4.26. The minimum Gasteiger partial charge on any atom is -0.494 e. The highest BCUT2D eigenvalue weighted by molar-refractivity contribution is 5.97. The Morgan fingerprint density at radius 3 is 2.48 bits per heavy atom. The van der Waals surface area contributed by atoms with Crippen molar-refractivity contribution < 1.29 is 18.7 Å². The van der Waals surface area contributed by atoms with E-state index in [1.807, 2.05) is 13.8 Å². The van der Waals surface area contributed by atoms with E-state index >= 15 is 0 Å². The first-order valence-electron chi connectivity index (χ1n) is 7.16. The van der Waals surface area contributed by atoms with Crippen molar-refractivity contribution >= 4 is 17.9 Å². The number of aryl methyl sites for hydroxylation is 1. The van der Waals surface area contributed by atoms with Crippen molar-refractivity contribution in [2.24, 2.45) is 0 Å². The molecule has 0 atom stereocenters. The van der Waals surface area contributed by atoms with E-state index in [-0.39, 0.29) is 0 Å². The molecule has 0 aliphatic rings. The summed E-state index contributed by atoms with van der Waals surface area (Å²) < 4.78 is 10.6. The van der Waals surface area contributed by atoms with Crippen molar-refractivity contribution in [1.29, 1.82) is 0 Å². The van der Waals surface area contributed by atoms with Crippen LogP contribution in [0.4, 0.5) is 0 Å². The van der Waals surface area contributed by atoms with Crippen LogP contribution in [0.25, 0.3) is 6.08 Å². The molecule has 2 rings (SSSR count). The zero-order chi connectivity index (χ0) is 16.7. The number of furan rings is 1. The zero-order valence-corrected chi connectivity index (χ0v) is 13.0. The highest BCUT2D eigenvalue weighted by Gasteiger charge is 2.06. The molecule has 0 aliphatic carbocycles. The number of hydrazine groups is 1. The van der Waals surface area contributed by atoms with Crippen LogP contribution in [0.1, 0.15) is 28.8 Å². The summed E-state index contributed by atoms with van der Waals surface area (Å²) in [7, 11) is 0. The molecule has 0 spiro atoms. The molecule has 6 heteroatoms. The van der Waals surface area contributed by atoms with Crippen LogP contribution in [0.3, 0.4) is 0 Å². The Labute approximate surface area is 134 Å². The predicted molar refractivity (Wildman–Crippen MR) is 85.7 cm³/mol. The second-order valence-corrected chi connectivity index (χ2v) is 4.68. The lowest BCUT2D eigenvalue weighted by molar-refractivity contribution is -0.117. The number of benzene rings is 1. The topological polar surface area (TPSA) is 80.6 Å². The van der Waals surface area contributed by atoms with Crippen molar-refractivity contribution in [3.63, 3.8) is 0 Å². The summed E-state index contributed by atoms with van der Waals surface area (Å²) in [5.41, 5.74) is 5.05. The molecular weight excluding hydrogens is 296 g/mol. The van der Waals surface area contributed by atoms with Gasteiger partial charge in [-0.15, -0.1) is 0 Å². The Hall–Kier alpha value is -3.02. The fraction of sp³-hybridized carbons (Fsp3) is 0.176. The van der Waals surface area contributed by atoms with E-state index < -0.39 is 11.8 Å². The van der Waals surface area contributed by atoms with Gasteiger partial charge in [-0.3, -0.25) is 20.4 Å². The molecule has 2 aromatic rings. The van der Waals surface area contributed by atoms with Gasteiger partial charge in [0.2, 0.25) is 0 Å². The molecule has 120 valence electrons. The van der Waals surface area contributed by atoms with Crippen molar-refractivity contribution in [1.82, 2.24) is 10.9 Å². The Morgan fingerprint density at radius 2 is 1.87 bits per heavy atom. The Kier molecular flexibility index (Phi) is 5.57. The number of nitrogens with one attached hydrogen (secondary N) is 2. The van der Waals surface area contributed by atoms with Gasteiger partial charge >= 0.3 is 0 Å². The summed E-state index contributed by atoms with van der Waals surface area (Å²) >= 11 is 0. The lowest BCUT2D eigenvalue weighted by Crippen LogP contribution is -2.40. The number of carbonyl (C=O) groups excluding carboxylic acids is 2. The Morgan fingerprint density at radius 1 is 1.13 bits per heavy atom. The fourth-order valence-corrected chi connectivity index (χ4v) is 1.80. The molecule has 23 heavy (non-hydrogen) atoms. The molecule has 0 aliphatic heterocycles. The first-order valence-corrected chi connectivity index (χ1v) is 7.16. The van der Waals surface area contributed by atoms with Crippen LogP contribution in [-0.4, -0.2) is 18.4 Å². The molecular formula is C17H18N2O4. The average Bonchev–Trinajstić information content (AvgIpc) is 2.97. The number of hydrogen-bond acceptors (Lipinski definition) is 4. The van der Waals surface area contributed by atoms with Crippen molar-refractivity contribution in [3.05, 3.63) is 59.6 Å². The van der Waals surface area contributed by atoms with Crippen molar-refractivity contribution in [3.8, 4) is 5.75 Å². The molecule has 0 bridgehead atoms. The maximum Gasteiger partial charge on any atom is 0.269 e. The van der Waals surface area contributed by atoms with Gasteiger partial charge in [0.1, 0.15) is 17.3 Å². The summed E-state index contributed by atoms with van der Waals surface area (Å²) in [5.74, 6) is 1.14.